The van der Waals surface area contributed by atoms with Crippen LogP contribution in [-0.4, -0.2) is 45.0 Å². The molecule has 0 bridgehead atoms. The van der Waals surface area contributed by atoms with Crippen molar-refractivity contribution in [3.05, 3.63) is 5.82 Å². The minimum Gasteiger partial charge on any atom is -0.480 e. The van der Waals surface area contributed by atoms with Gasteiger partial charge in [-0.15, -0.1) is 0 Å². The summed E-state index contributed by atoms with van der Waals surface area (Å²) in [6, 6.07) is -0.520. The molecule has 0 unspecified atom stereocenters. The number of carbonyl (C=O) groups is 2. The molecule has 2 amide bonds. The summed E-state index contributed by atoms with van der Waals surface area (Å²) >= 11 is 1.05. The second kappa shape index (κ2) is 4.69. The average molecular weight is 230 g/mol. The number of amides is 2. The summed E-state index contributed by atoms with van der Waals surface area (Å²) < 4.78 is 3.87. The maximum Gasteiger partial charge on any atom is 0.323 e. The fraction of sp³-hybridized carbons (Fsp3) is 0.429. The SMILES string of the molecule is Cc1nsc(NC(=O)N(C)CC(=O)O)n1. The van der Waals surface area contributed by atoms with Gasteiger partial charge in [0.25, 0.3) is 0 Å². The van der Waals surface area contributed by atoms with Crippen LogP contribution < -0.4 is 5.32 Å². The Hall–Kier alpha value is -1.70. The van der Waals surface area contributed by atoms with E-state index < -0.39 is 12.0 Å². The van der Waals surface area contributed by atoms with Crippen LogP contribution in [-0.2, 0) is 4.79 Å². The van der Waals surface area contributed by atoms with E-state index in [0.717, 1.165) is 16.4 Å². The van der Waals surface area contributed by atoms with E-state index in [1.165, 1.54) is 7.05 Å². The van der Waals surface area contributed by atoms with Gasteiger partial charge < -0.3 is 10.0 Å². The Morgan fingerprint density at radius 2 is 2.27 bits per heavy atom. The number of nitrogens with zero attached hydrogens (tertiary/aromatic N) is 3. The number of nitrogens with one attached hydrogen (secondary N) is 1. The molecule has 0 radical (unpaired) electrons. The zero-order chi connectivity index (χ0) is 11.4. The minimum absolute atomic E-state index is 0.356. The van der Waals surface area contributed by atoms with Crippen molar-refractivity contribution < 1.29 is 14.7 Å². The third-order valence-electron chi connectivity index (χ3n) is 1.46. The first-order chi connectivity index (χ1) is 6.99. The van der Waals surface area contributed by atoms with Crippen molar-refractivity contribution in [1.29, 1.82) is 0 Å². The first kappa shape index (κ1) is 11.4. The highest BCUT2D eigenvalue weighted by atomic mass is 32.1. The van der Waals surface area contributed by atoms with Crippen molar-refractivity contribution in [3.63, 3.8) is 0 Å². The number of anilines is 1. The van der Waals surface area contributed by atoms with Crippen LogP contribution in [0.3, 0.4) is 0 Å². The number of carboxylic acid groups (broad SMARTS) is 1. The molecule has 15 heavy (non-hydrogen) atoms. The third kappa shape index (κ3) is 3.50. The second-order valence-corrected chi connectivity index (χ2v) is 3.58. The molecule has 0 aliphatic heterocycles. The lowest BCUT2D eigenvalue weighted by molar-refractivity contribution is -0.137. The van der Waals surface area contributed by atoms with Crippen LogP contribution in [0.4, 0.5) is 9.93 Å². The largest absolute Gasteiger partial charge is 0.480 e. The van der Waals surface area contributed by atoms with Crippen molar-refractivity contribution in [2.24, 2.45) is 0 Å². The quantitative estimate of drug-likeness (QED) is 0.783. The van der Waals surface area contributed by atoms with Crippen LogP contribution in [0.5, 0.6) is 0 Å². The number of rotatable bonds is 3. The number of aromatic nitrogens is 2. The molecule has 1 aromatic rings. The predicted molar refractivity (Wildman–Crippen MR) is 53.9 cm³/mol. The number of aliphatic carboxylic acids is 1. The fourth-order valence-corrected chi connectivity index (χ4v) is 1.37. The summed E-state index contributed by atoms with van der Waals surface area (Å²) in [7, 11) is 1.39. The van der Waals surface area contributed by atoms with Gasteiger partial charge in [0, 0.05) is 18.6 Å². The molecule has 2 N–H and O–H groups in total. The number of urea groups is 1. The molecule has 0 saturated carbocycles. The topological polar surface area (TPSA) is 95.4 Å². The number of aryl methyl sites for hydroxylation is 1. The van der Waals surface area contributed by atoms with Gasteiger partial charge in [0.2, 0.25) is 5.13 Å². The number of likely N-dealkylation sites (N-methyl/N-ethyl adjacent to an activating group) is 1. The summed E-state index contributed by atoms with van der Waals surface area (Å²) in [5, 5.41) is 11.2. The molecule has 0 aliphatic rings. The van der Waals surface area contributed by atoms with E-state index in [1.807, 2.05) is 0 Å². The van der Waals surface area contributed by atoms with Crippen LogP contribution >= 0.6 is 11.5 Å². The Morgan fingerprint density at radius 1 is 1.60 bits per heavy atom. The highest BCUT2D eigenvalue weighted by Gasteiger charge is 2.13. The second-order valence-electron chi connectivity index (χ2n) is 2.83. The lowest BCUT2D eigenvalue weighted by atomic mass is 10.6. The average Bonchev–Trinajstić information content (AvgIpc) is 2.50. The van der Waals surface area contributed by atoms with Crippen molar-refractivity contribution in [1.82, 2.24) is 14.3 Å². The maximum absolute atomic E-state index is 11.3. The Morgan fingerprint density at radius 3 is 2.73 bits per heavy atom. The summed E-state index contributed by atoms with van der Waals surface area (Å²) in [5.41, 5.74) is 0. The highest BCUT2D eigenvalue weighted by Crippen LogP contribution is 2.10. The number of hydrogen-bond acceptors (Lipinski definition) is 5. The van der Waals surface area contributed by atoms with E-state index in [2.05, 4.69) is 14.7 Å². The number of hydrogen-bond donors (Lipinski definition) is 2. The lowest BCUT2D eigenvalue weighted by Gasteiger charge is -2.13. The highest BCUT2D eigenvalue weighted by molar-refractivity contribution is 7.09. The summed E-state index contributed by atoms with van der Waals surface area (Å²) in [6.45, 7) is 1.34. The molecule has 0 spiro atoms. The third-order valence-corrected chi connectivity index (χ3v) is 2.18. The van der Waals surface area contributed by atoms with E-state index in [1.54, 1.807) is 6.92 Å². The van der Waals surface area contributed by atoms with Gasteiger partial charge in [-0.2, -0.15) is 4.37 Å². The standard InChI is InChI=1S/C7H10N4O3S/c1-4-8-6(15-10-4)9-7(14)11(2)3-5(12)13/h3H2,1-2H3,(H,12,13)(H,8,9,10,14). The summed E-state index contributed by atoms with van der Waals surface area (Å²) in [5.74, 6) is -0.503. The van der Waals surface area contributed by atoms with Crippen LogP contribution in [0.15, 0.2) is 0 Å². The first-order valence-electron chi connectivity index (χ1n) is 4.03. The zero-order valence-corrected chi connectivity index (χ0v) is 9.04. The minimum atomic E-state index is -1.07. The molecule has 0 fully saturated rings. The molecule has 1 rings (SSSR count). The molecule has 0 atom stereocenters. The molecule has 0 aliphatic carbocycles. The van der Waals surface area contributed by atoms with Crippen LogP contribution in [0.25, 0.3) is 0 Å². The lowest BCUT2D eigenvalue weighted by Crippen LogP contribution is -2.35. The first-order valence-corrected chi connectivity index (χ1v) is 4.80. The van der Waals surface area contributed by atoms with Gasteiger partial charge in [0.15, 0.2) is 0 Å². The van der Waals surface area contributed by atoms with Crippen LogP contribution in [0.2, 0.25) is 0 Å². The van der Waals surface area contributed by atoms with E-state index in [0.29, 0.717) is 11.0 Å². The zero-order valence-electron chi connectivity index (χ0n) is 8.22. The van der Waals surface area contributed by atoms with Gasteiger partial charge in [0.05, 0.1) is 0 Å². The smallest absolute Gasteiger partial charge is 0.323 e. The van der Waals surface area contributed by atoms with Crippen molar-refractivity contribution >= 4 is 28.7 Å². The van der Waals surface area contributed by atoms with Crippen molar-refractivity contribution in [2.75, 3.05) is 18.9 Å². The molecule has 1 aromatic heterocycles. The van der Waals surface area contributed by atoms with Gasteiger partial charge in [-0.25, -0.2) is 9.78 Å². The van der Waals surface area contributed by atoms with Gasteiger partial charge >= 0.3 is 12.0 Å². The van der Waals surface area contributed by atoms with Crippen molar-refractivity contribution in [3.8, 4) is 0 Å². The van der Waals surface area contributed by atoms with E-state index in [9.17, 15) is 9.59 Å². The summed E-state index contributed by atoms with van der Waals surface area (Å²) in [4.78, 5) is 26.6. The van der Waals surface area contributed by atoms with Crippen LogP contribution in [0, 0.1) is 6.92 Å². The molecular weight excluding hydrogens is 220 g/mol. The van der Waals surface area contributed by atoms with E-state index in [4.69, 9.17) is 5.11 Å². The molecule has 0 aromatic carbocycles. The molecule has 8 heteroatoms. The summed E-state index contributed by atoms with van der Waals surface area (Å²) in [6.07, 6.45) is 0. The van der Waals surface area contributed by atoms with Gasteiger partial charge in [-0.3, -0.25) is 10.1 Å². The van der Waals surface area contributed by atoms with E-state index in [-0.39, 0.29) is 6.54 Å². The van der Waals surface area contributed by atoms with Gasteiger partial charge in [0.1, 0.15) is 12.4 Å². The van der Waals surface area contributed by atoms with Gasteiger partial charge in [-0.1, -0.05) is 0 Å². The Bertz CT molecular complexity index is 378. The van der Waals surface area contributed by atoms with Crippen molar-refractivity contribution in [2.45, 2.75) is 6.92 Å². The maximum atomic E-state index is 11.3. The monoisotopic (exact) mass is 230 g/mol. The molecular formula is C7H10N4O3S. The fourth-order valence-electron chi connectivity index (χ4n) is 0.809. The predicted octanol–water partition coefficient (Wildman–Crippen LogP) is 0.395. The van der Waals surface area contributed by atoms with E-state index >= 15 is 0 Å². The Balaban J connectivity index is 2.52. The van der Waals surface area contributed by atoms with Gasteiger partial charge in [-0.05, 0) is 6.92 Å². The Kier molecular flexibility index (Phi) is 3.56. The molecule has 1 heterocycles. The molecule has 82 valence electrons. The number of carbonyl (C=O) groups excluding carboxylic acids is 1. The Labute approximate surface area is 89.9 Å². The van der Waals surface area contributed by atoms with Crippen LogP contribution in [0.1, 0.15) is 5.82 Å². The normalized spacial score (nSPS) is 9.73. The number of carboxylic acids is 1. The molecule has 7 nitrogen and oxygen atoms in total. The molecule has 0 saturated heterocycles.